The fraction of sp³-hybridized carbons (Fsp3) is 0.294. The molecule has 11 nitrogen and oxygen atoms in total. The predicted octanol–water partition coefficient (Wildman–Crippen LogP) is 0.555. The Morgan fingerprint density at radius 2 is 2.17 bits per heavy atom. The van der Waals surface area contributed by atoms with Crippen molar-refractivity contribution in [3.63, 3.8) is 0 Å². The number of urea groups is 2. The summed E-state index contributed by atoms with van der Waals surface area (Å²) in [6, 6.07) is 3.63. The normalized spacial score (nSPS) is 15.7. The van der Waals surface area contributed by atoms with Gasteiger partial charge in [0.25, 0.3) is 0 Å². The molecule has 1 atom stereocenters. The average molecular weight is 435 g/mol. The van der Waals surface area contributed by atoms with Crippen LogP contribution in [0.15, 0.2) is 24.3 Å². The quantitative estimate of drug-likeness (QED) is 0.522. The van der Waals surface area contributed by atoms with Crippen molar-refractivity contribution in [2.45, 2.75) is 25.6 Å². The van der Waals surface area contributed by atoms with Gasteiger partial charge in [-0.15, -0.1) is 0 Å². The molecule has 158 valence electrons. The third kappa shape index (κ3) is 5.70. The van der Waals surface area contributed by atoms with Crippen molar-refractivity contribution in [3.8, 4) is 0 Å². The van der Waals surface area contributed by atoms with Crippen molar-refractivity contribution >= 4 is 40.5 Å². The molecule has 1 aromatic carbocycles. The zero-order chi connectivity index (χ0) is 21.7. The van der Waals surface area contributed by atoms with E-state index in [2.05, 4.69) is 30.6 Å². The molecular weight excluding hydrogens is 417 g/mol. The first kappa shape index (κ1) is 21.1. The molecule has 0 saturated carbocycles. The van der Waals surface area contributed by atoms with Crippen molar-refractivity contribution < 1.29 is 23.6 Å². The van der Waals surface area contributed by atoms with Crippen LogP contribution in [0.25, 0.3) is 0 Å². The molecule has 0 bridgehead atoms. The molecule has 2 aromatic rings. The second-order valence-corrected chi connectivity index (χ2v) is 7.18. The number of likely N-dealkylation sites (N-methyl/N-ethyl adjacent to an activating group) is 1. The molecule has 1 aromatic heterocycles. The van der Waals surface area contributed by atoms with Gasteiger partial charge in [-0.25, -0.2) is 19.0 Å². The molecule has 13 heteroatoms. The van der Waals surface area contributed by atoms with Crippen molar-refractivity contribution in [3.05, 3.63) is 41.5 Å². The Morgan fingerprint density at radius 3 is 2.90 bits per heavy atom. The lowest BCUT2D eigenvalue weighted by atomic mass is 10.1. The third-order valence-electron chi connectivity index (χ3n) is 4.03. The van der Waals surface area contributed by atoms with E-state index in [0.717, 1.165) is 11.5 Å². The minimum Gasteiger partial charge on any atom is -0.336 e. The number of carbonyl (C=O) groups is 4. The summed E-state index contributed by atoms with van der Waals surface area (Å²) in [4.78, 5) is 52.5. The number of hydrogen-bond donors (Lipinski definition) is 4. The highest BCUT2D eigenvalue weighted by Gasteiger charge is 2.31. The number of nitrogens with zero attached hydrogens (tertiary/aromatic N) is 3. The highest BCUT2D eigenvalue weighted by molar-refractivity contribution is 7.09. The van der Waals surface area contributed by atoms with E-state index in [1.807, 2.05) is 0 Å². The zero-order valence-electron chi connectivity index (χ0n) is 15.8. The van der Waals surface area contributed by atoms with Gasteiger partial charge in [-0.2, -0.15) is 4.37 Å². The van der Waals surface area contributed by atoms with Gasteiger partial charge in [0.2, 0.25) is 16.9 Å². The summed E-state index contributed by atoms with van der Waals surface area (Å²) in [5.41, 5.74) is 0.603. The number of rotatable bonds is 6. The van der Waals surface area contributed by atoms with Gasteiger partial charge in [-0.1, -0.05) is 12.1 Å². The van der Waals surface area contributed by atoms with E-state index in [9.17, 15) is 23.6 Å². The van der Waals surface area contributed by atoms with E-state index in [1.54, 1.807) is 12.1 Å². The maximum Gasteiger partial charge on any atom is 0.322 e. The Kier molecular flexibility index (Phi) is 6.51. The first-order chi connectivity index (χ1) is 14.3. The summed E-state index contributed by atoms with van der Waals surface area (Å²) >= 11 is 0.927. The van der Waals surface area contributed by atoms with E-state index in [1.165, 1.54) is 24.1 Å². The lowest BCUT2D eigenvalue weighted by Gasteiger charge is -2.26. The molecule has 30 heavy (non-hydrogen) atoms. The minimum absolute atomic E-state index is 0.0237. The van der Waals surface area contributed by atoms with Crippen LogP contribution in [-0.4, -0.2) is 51.2 Å². The van der Waals surface area contributed by atoms with Crippen LogP contribution in [0.3, 0.4) is 0 Å². The topological polar surface area (TPSA) is 145 Å². The number of benzene rings is 1. The van der Waals surface area contributed by atoms with Gasteiger partial charge in [0, 0.05) is 25.1 Å². The summed E-state index contributed by atoms with van der Waals surface area (Å²) in [7, 11) is 1.49. The van der Waals surface area contributed by atoms with Crippen LogP contribution < -0.4 is 21.3 Å². The smallest absolute Gasteiger partial charge is 0.322 e. The van der Waals surface area contributed by atoms with Gasteiger partial charge in [-0.3, -0.25) is 20.2 Å². The summed E-state index contributed by atoms with van der Waals surface area (Å²) in [6.07, 6.45) is -0.155. The van der Waals surface area contributed by atoms with Crippen LogP contribution in [0.5, 0.6) is 0 Å². The monoisotopic (exact) mass is 435 g/mol. The average Bonchev–Trinajstić information content (AvgIpc) is 3.11. The van der Waals surface area contributed by atoms with Crippen molar-refractivity contribution in [2.24, 2.45) is 0 Å². The minimum atomic E-state index is -0.957. The van der Waals surface area contributed by atoms with E-state index >= 15 is 0 Å². The van der Waals surface area contributed by atoms with Crippen LogP contribution in [-0.2, 0) is 22.7 Å². The summed E-state index contributed by atoms with van der Waals surface area (Å²) in [5.74, 6) is -1.11. The fourth-order valence-electron chi connectivity index (χ4n) is 2.65. The SMILES string of the molecule is CN(Cc1nsc(NC(=O)NCc2cccc(F)c2)n1)C(=O)C1CC(=O)NC(=O)N1. The second-order valence-electron chi connectivity index (χ2n) is 6.43. The standard InChI is InChI=1S/C17H18FN7O4S/c1-25(14(27)11-6-13(26)22-16(29)20-11)8-12-21-17(30-24-12)23-15(28)19-7-9-3-2-4-10(18)5-9/h2-5,11H,6-8H2,1H3,(H2,20,22,26,29)(H2,19,21,23,24,28). The van der Waals surface area contributed by atoms with Crippen molar-refractivity contribution in [2.75, 3.05) is 12.4 Å². The molecule has 0 aliphatic carbocycles. The summed E-state index contributed by atoms with van der Waals surface area (Å²) in [6.45, 7) is 0.156. The van der Waals surface area contributed by atoms with Crippen LogP contribution in [0.4, 0.5) is 19.1 Å². The van der Waals surface area contributed by atoms with Gasteiger partial charge in [-0.05, 0) is 17.7 Å². The van der Waals surface area contributed by atoms with Gasteiger partial charge < -0.3 is 15.5 Å². The molecule has 1 saturated heterocycles. The molecule has 2 heterocycles. The molecule has 0 radical (unpaired) electrons. The third-order valence-corrected chi connectivity index (χ3v) is 4.70. The lowest BCUT2D eigenvalue weighted by Crippen LogP contribution is -2.57. The molecular formula is C17H18FN7O4S. The van der Waals surface area contributed by atoms with E-state index in [-0.39, 0.29) is 30.5 Å². The molecule has 1 fully saturated rings. The van der Waals surface area contributed by atoms with Crippen LogP contribution in [0, 0.1) is 5.82 Å². The van der Waals surface area contributed by atoms with E-state index in [4.69, 9.17) is 0 Å². The number of anilines is 1. The molecule has 6 amide bonds. The van der Waals surface area contributed by atoms with Gasteiger partial charge in [0.05, 0.1) is 13.0 Å². The molecule has 1 aliphatic heterocycles. The van der Waals surface area contributed by atoms with Crippen LogP contribution >= 0.6 is 11.5 Å². The number of aromatic nitrogens is 2. The molecule has 4 N–H and O–H groups in total. The maximum absolute atomic E-state index is 13.1. The molecule has 3 rings (SSSR count). The Hall–Kier alpha value is -3.61. The number of nitrogens with one attached hydrogen (secondary N) is 4. The summed E-state index contributed by atoms with van der Waals surface area (Å²) in [5, 5.41) is 9.74. The molecule has 1 unspecified atom stereocenters. The maximum atomic E-state index is 13.1. The second kappa shape index (κ2) is 9.26. The lowest BCUT2D eigenvalue weighted by molar-refractivity contribution is -0.135. The molecule has 0 spiro atoms. The summed E-state index contributed by atoms with van der Waals surface area (Å²) < 4.78 is 17.2. The Balaban J connectivity index is 1.49. The highest BCUT2D eigenvalue weighted by Crippen LogP contribution is 2.13. The fourth-order valence-corrected chi connectivity index (χ4v) is 3.23. The number of amides is 6. The first-order valence-electron chi connectivity index (χ1n) is 8.77. The molecule has 1 aliphatic rings. The Morgan fingerprint density at radius 1 is 1.37 bits per heavy atom. The van der Waals surface area contributed by atoms with Crippen LogP contribution in [0.2, 0.25) is 0 Å². The Bertz CT molecular complexity index is 967. The van der Waals surface area contributed by atoms with Gasteiger partial charge in [0.1, 0.15) is 11.9 Å². The van der Waals surface area contributed by atoms with Crippen molar-refractivity contribution in [1.82, 2.24) is 30.2 Å². The Labute approximate surface area is 174 Å². The number of imide groups is 1. The largest absolute Gasteiger partial charge is 0.336 e. The van der Waals surface area contributed by atoms with E-state index in [0.29, 0.717) is 5.56 Å². The number of hydrogen-bond acceptors (Lipinski definition) is 7. The van der Waals surface area contributed by atoms with Crippen molar-refractivity contribution in [1.29, 1.82) is 0 Å². The number of halogens is 1. The van der Waals surface area contributed by atoms with E-state index < -0.39 is 35.7 Å². The van der Waals surface area contributed by atoms with Gasteiger partial charge >= 0.3 is 12.1 Å². The predicted molar refractivity (Wildman–Crippen MR) is 104 cm³/mol. The van der Waals surface area contributed by atoms with Crippen LogP contribution in [0.1, 0.15) is 17.8 Å². The number of carbonyl (C=O) groups excluding carboxylic acids is 4. The highest BCUT2D eigenvalue weighted by atomic mass is 32.1. The zero-order valence-corrected chi connectivity index (χ0v) is 16.6. The van der Waals surface area contributed by atoms with Gasteiger partial charge in [0.15, 0.2) is 5.82 Å². The first-order valence-corrected chi connectivity index (χ1v) is 9.54.